The van der Waals surface area contributed by atoms with Gasteiger partial charge in [0.25, 0.3) is 5.91 Å². The molecule has 0 aromatic heterocycles. The van der Waals surface area contributed by atoms with E-state index in [1.54, 1.807) is 40.7 Å². The van der Waals surface area contributed by atoms with Crippen LogP contribution in [0.5, 0.6) is 5.75 Å². The van der Waals surface area contributed by atoms with Crippen molar-refractivity contribution in [3.8, 4) is 5.75 Å². The lowest BCUT2D eigenvalue weighted by Crippen LogP contribution is -2.35. The first-order valence-electron chi connectivity index (χ1n) is 11.3. The zero-order valence-electron chi connectivity index (χ0n) is 18.6. The van der Waals surface area contributed by atoms with E-state index in [1.165, 1.54) is 12.1 Å². The third-order valence-electron chi connectivity index (χ3n) is 5.59. The summed E-state index contributed by atoms with van der Waals surface area (Å²) >= 11 is 0. The van der Waals surface area contributed by atoms with E-state index >= 15 is 0 Å². The molecule has 0 unspecified atom stereocenters. The summed E-state index contributed by atoms with van der Waals surface area (Å²) in [6.07, 6.45) is 4.27. The second-order valence-corrected chi connectivity index (χ2v) is 10.1. The fourth-order valence-corrected chi connectivity index (χ4v) is 5.21. The van der Waals surface area contributed by atoms with Crippen LogP contribution in [0.15, 0.2) is 53.4 Å². The number of rotatable bonds is 10. The SMILES string of the molecule is O=C(CCc1ccc(S(=O)(=O)N2CCCCC2)cc1)NCCCNC(=O)c1cccc(O)c1. The number of nitrogens with one attached hydrogen (secondary N) is 2. The summed E-state index contributed by atoms with van der Waals surface area (Å²) in [6, 6.07) is 12.9. The molecular weight excluding hydrogens is 442 g/mol. The predicted molar refractivity (Wildman–Crippen MR) is 125 cm³/mol. The van der Waals surface area contributed by atoms with Gasteiger partial charge in [0.2, 0.25) is 15.9 Å². The zero-order valence-corrected chi connectivity index (χ0v) is 19.4. The molecule has 33 heavy (non-hydrogen) atoms. The van der Waals surface area contributed by atoms with E-state index in [2.05, 4.69) is 10.6 Å². The minimum absolute atomic E-state index is 0.0353. The van der Waals surface area contributed by atoms with E-state index in [0.717, 1.165) is 24.8 Å². The lowest BCUT2D eigenvalue weighted by atomic mass is 10.1. The first-order valence-corrected chi connectivity index (χ1v) is 12.7. The van der Waals surface area contributed by atoms with E-state index in [1.807, 2.05) is 0 Å². The Kier molecular flexibility index (Phi) is 8.85. The Morgan fingerprint density at radius 1 is 0.939 bits per heavy atom. The van der Waals surface area contributed by atoms with Crippen LogP contribution in [-0.2, 0) is 21.2 Å². The van der Waals surface area contributed by atoms with E-state index in [9.17, 15) is 23.1 Å². The van der Waals surface area contributed by atoms with Crippen LogP contribution < -0.4 is 10.6 Å². The van der Waals surface area contributed by atoms with Gasteiger partial charge in [-0.15, -0.1) is 0 Å². The topological polar surface area (TPSA) is 116 Å². The van der Waals surface area contributed by atoms with E-state index in [0.29, 0.717) is 55.9 Å². The molecule has 178 valence electrons. The summed E-state index contributed by atoms with van der Waals surface area (Å²) in [5, 5.41) is 15.0. The number of nitrogens with zero attached hydrogens (tertiary/aromatic N) is 1. The number of aromatic hydroxyl groups is 1. The Labute approximate surface area is 195 Å². The Morgan fingerprint density at radius 3 is 2.33 bits per heavy atom. The van der Waals surface area contributed by atoms with Crippen LogP contribution in [0.1, 0.15) is 48.0 Å². The van der Waals surface area contributed by atoms with Crippen LogP contribution in [0.25, 0.3) is 0 Å². The highest BCUT2D eigenvalue weighted by Crippen LogP contribution is 2.21. The average molecular weight is 474 g/mol. The number of piperidine rings is 1. The molecule has 1 saturated heterocycles. The molecule has 1 aliphatic rings. The Balaban J connectivity index is 1.34. The third kappa shape index (κ3) is 7.30. The highest BCUT2D eigenvalue weighted by Gasteiger charge is 2.25. The molecule has 8 nitrogen and oxygen atoms in total. The number of phenolic OH excluding ortho intramolecular Hbond substituents is 1. The van der Waals surface area contributed by atoms with Gasteiger partial charge in [-0.25, -0.2) is 8.42 Å². The third-order valence-corrected chi connectivity index (χ3v) is 7.50. The number of amides is 2. The molecule has 2 aromatic rings. The Hall–Kier alpha value is -2.91. The minimum Gasteiger partial charge on any atom is -0.508 e. The van der Waals surface area contributed by atoms with Crippen molar-refractivity contribution in [2.75, 3.05) is 26.2 Å². The molecule has 9 heteroatoms. The van der Waals surface area contributed by atoms with E-state index in [4.69, 9.17) is 0 Å². The maximum Gasteiger partial charge on any atom is 0.251 e. The van der Waals surface area contributed by atoms with Gasteiger partial charge >= 0.3 is 0 Å². The number of benzene rings is 2. The number of aryl methyl sites for hydroxylation is 1. The first-order chi connectivity index (χ1) is 15.9. The summed E-state index contributed by atoms with van der Waals surface area (Å²) < 4.78 is 26.9. The predicted octanol–water partition coefficient (Wildman–Crippen LogP) is 2.44. The molecule has 1 heterocycles. The van der Waals surface area contributed by atoms with Crippen molar-refractivity contribution in [1.82, 2.24) is 14.9 Å². The lowest BCUT2D eigenvalue weighted by Gasteiger charge is -2.25. The van der Waals surface area contributed by atoms with Gasteiger partial charge in [0.15, 0.2) is 0 Å². The highest BCUT2D eigenvalue weighted by molar-refractivity contribution is 7.89. The molecule has 3 rings (SSSR count). The van der Waals surface area contributed by atoms with Gasteiger partial charge < -0.3 is 15.7 Å². The molecule has 0 saturated carbocycles. The van der Waals surface area contributed by atoms with Crippen molar-refractivity contribution in [2.45, 2.75) is 43.4 Å². The quantitative estimate of drug-likeness (QED) is 0.459. The molecule has 0 radical (unpaired) electrons. The van der Waals surface area contributed by atoms with Crippen LogP contribution in [0.4, 0.5) is 0 Å². The maximum atomic E-state index is 12.7. The van der Waals surface area contributed by atoms with Crippen molar-refractivity contribution in [3.05, 3.63) is 59.7 Å². The van der Waals surface area contributed by atoms with Gasteiger partial charge in [0, 0.05) is 38.2 Å². The van der Waals surface area contributed by atoms with Crippen molar-refractivity contribution < 1.29 is 23.1 Å². The van der Waals surface area contributed by atoms with Crippen LogP contribution in [-0.4, -0.2) is 55.8 Å². The van der Waals surface area contributed by atoms with Crippen LogP contribution in [0, 0.1) is 0 Å². The summed E-state index contributed by atoms with van der Waals surface area (Å²) in [7, 11) is -3.44. The monoisotopic (exact) mass is 473 g/mol. The Bertz CT molecular complexity index is 1050. The molecule has 1 fully saturated rings. The van der Waals surface area contributed by atoms with Crippen LogP contribution >= 0.6 is 0 Å². The fourth-order valence-electron chi connectivity index (χ4n) is 3.70. The van der Waals surface area contributed by atoms with Gasteiger partial charge in [0.05, 0.1) is 4.90 Å². The lowest BCUT2D eigenvalue weighted by molar-refractivity contribution is -0.121. The van der Waals surface area contributed by atoms with Crippen molar-refractivity contribution in [3.63, 3.8) is 0 Å². The number of carbonyl (C=O) groups is 2. The first kappa shape index (κ1) is 24.7. The molecule has 0 atom stereocenters. The van der Waals surface area contributed by atoms with E-state index < -0.39 is 10.0 Å². The highest BCUT2D eigenvalue weighted by atomic mass is 32.2. The molecule has 0 spiro atoms. The normalized spacial score (nSPS) is 14.5. The van der Waals surface area contributed by atoms with Gasteiger partial charge in [0.1, 0.15) is 5.75 Å². The molecular formula is C24H31N3O5S. The number of hydrogen-bond acceptors (Lipinski definition) is 5. The summed E-state index contributed by atoms with van der Waals surface area (Å²) in [5.74, 6) is -0.338. The Morgan fingerprint density at radius 2 is 1.64 bits per heavy atom. The smallest absolute Gasteiger partial charge is 0.251 e. The molecule has 0 aliphatic carbocycles. The van der Waals surface area contributed by atoms with Gasteiger partial charge in [-0.3, -0.25) is 9.59 Å². The van der Waals surface area contributed by atoms with Crippen molar-refractivity contribution in [2.24, 2.45) is 0 Å². The number of hydrogen-bond donors (Lipinski definition) is 3. The fraction of sp³-hybridized carbons (Fsp3) is 0.417. The number of carbonyl (C=O) groups excluding carboxylic acids is 2. The van der Waals surface area contributed by atoms with E-state index in [-0.39, 0.29) is 17.6 Å². The van der Waals surface area contributed by atoms with Gasteiger partial charge in [-0.05, 0) is 61.6 Å². The zero-order chi connectivity index (χ0) is 23.7. The summed E-state index contributed by atoms with van der Waals surface area (Å²) in [5.41, 5.74) is 1.29. The van der Waals surface area contributed by atoms with Crippen LogP contribution in [0.3, 0.4) is 0 Å². The summed E-state index contributed by atoms with van der Waals surface area (Å²) in [6.45, 7) is 1.99. The van der Waals surface area contributed by atoms with Crippen molar-refractivity contribution in [1.29, 1.82) is 0 Å². The molecule has 3 N–H and O–H groups in total. The maximum absolute atomic E-state index is 12.7. The second-order valence-electron chi connectivity index (χ2n) is 8.12. The van der Waals surface area contributed by atoms with Gasteiger partial charge in [-0.1, -0.05) is 24.6 Å². The average Bonchev–Trinajstić information content (AvgIpc) is 2.83. The summed E-state index contributed by atoms with van der Waals surface area (Å²) in [4.78, 5) is 24.4. The number of phenols is 1. The number of sulfonamides is 1. The van der Waals surface area contributed by atoms with Crippen LogP contribution in [0.2, 0.25) is 0 Å². The standard InChI is InChI=1S/C24H31N3O5S/c28-21-7-4-6-20(18-21)24(30)26-15-5-14-25-23(29)13-10-19-8-11-22(12-9-19)33(31,32)27-16-2-1-3-17-27/h4,6-9,11-12,18,28H,1-3,5,10,13-17H2,(H,25,29)(H,26,30). The molecule has 1 aliphatic heterocycles. The molecule has 2 amide bonds. The van der Waals surface area contributed by atoms with Crippen molar-refractivity contribution >= 4 is 21.8 Å². The van der Waals surface area contributed by atoms with Gasteiger partial charge in [-0.2, -0.15) is 4.31 Å². The molecule has 2 aromatic carbocycles. The minimum atomic E-state index is -3.44. The molecule has 0 bridgehead atoms. The largest absolute Gasteiger partial charge is 0.508 e. The second kappa shape index (κ2) is 11.8.